The second-order valence-corrected chi connectivity index (χ2v) is 9.35. The SMILES string of the molecule is Cc1ccc(CNC(=O)c2cccc(-c3ccc(S(=O)(=O)N4CCCC4)cc3)c2)o1. The number of sulfonamides is 1. The van der Waals surface area contributed by atoms with Crippen LogP contribution >= 0.6 is 0 Å². The van der Waals surface area contributed by atoms with Gasteiger partial charge in [0.15, 0.2) is 0 Å². The molecule has 1 fully saturated rings. The fraction of sp³-hybridized carbons (Fsp3) is 0.261. The number of nitrogens with zero attached hydrogens (tertiary/aromatic N) is 1. The summed E-state index contributed by atoms with van der Waals surface area (Å²) in [5.41, 5.74) is 2.23. The van der Waals surface area contributed by atoms with E-state index < -0.39 is 10.0 Å². The van der Waals surface area contributed by atoms with Gasteiger partial charge in [0.2, 0.25) is 10.0 Å². The molecule has 7 heteroatoms. The zero-order valence-electron chi connectivity index (χ0n) is 16.8. The Morgan fingerprint density at radius 3 is 2.40 bits per heavy atom. The molecule has 2 heterocycles. The molecule has 1 N–H and O–H groups in total. The number of furan rings is 1. The molecule has 1 aliphatic rings. The predicted molar refractivity (Wildman–Crippen MR) is 114 cm³/mol. The van der Waals surface area contributed by atoms with Crippen LogP contribution < -0.4 is 5.32 Å². The van der Waals surface area contributed by atoms with Crippen molar-refractivity contribution in [2.24, 2.45) is 0 Å². The molecule has 0 aliphatic carbocycles. The largest absolute Gasteiger partial charge is 0.465 e. The third-order valence-electron chi connectivity index (χ3n) is 5.23. The van der Waals surface area contributed by atoms with E-state index in [1.54, 1.807) is 36.4 Å². The van der Waals surface area contributed by atoms with E-state index in [1.807, 2.05) is 31.2 Å². The molecule has 1 saturated heterocycles. The molecule has 0 saturated carbocycles. The third kappa shape index (κ3) is 4.32. The molecule has 156 valence electrons. The Morgan fingerprint density at radius 2 is 1.73 bits per heavy atom. The average Bonchev–Trinajstić information content (AvgIpc) is 3.44. The lowest BCUT2D eigenvalue weighted by atomic mass is 10.0. The maximum atomic E-state index is 12.7. The highest BCUT2D eigenvalue weighted by atomic mass is 32.2. The van der Waals surface area contributed by atoms with Crippen LogP contribution in [-0.2, 0) is 16.6 Å². The molecule has 0 spiro atoms. The number of rotatable bonds is 6. The second-order valence-electron chi connectivity index (χ2n) is 7.41. The van der Waals surface area contributed by atoms with Gasteiger partial charge in [-0.15, -0.1) is 0 Å². The van der Waals surface area contributed by atoms with Gasteiger partial charge in [-0.1, -0.05) is 24.3 Å². The molecule has 0 bridgehead atoms. The van der Waals surface area contributed by atoms with Crippen LogP contribution in [-0.4, -0.2) is 31.7 Å². The summed E-state index contributed by atoms with van der Waals surface area (Å²) < 4.78 is 32.4. The molecule has 3 aromatic rings. The second kappa shape index (κ2) is 8.45. The van der Waals surface area contributed by atoms with Crippen molar-refractivity contribution < 1.29 is 17.6 Å². The lowest BCUT2D eigenvalue weighted by molar-refractivity contribution is 0.0948. The average molecular weight is 425 g/mol. The van der Waals surface area contributed by atoms with Crippen molar-refractivity contribution in [1.29, 1.82) is 0 Å². The maximum Gasteiger partial charge on any atom is 0.251 e. The Balaban J connectivity index is 1.48. The van der Waals surface area contributed by atoms with Gasteiger partial charge in [-0.25, -0.2) is 8.42 Å². The van der Waals surface area contributed by atoms with Gasteiger partial charge >= 0.3 is 0 Å². The summed E-state index contributed by atoms with van der Waals surface area (Å²) in [6, 6.07) is 17.8. The summed E-state index contributed by atoms with van der Waals surface area (Å²) in [6.07, 6.45) is 1.82. The molecule has 30 heavy (non-hydrogen) atoms. The van der Waals surface area contributed by atoms with Crippen LogP contribution in [0.1, 0.15) is 34.7 Å². The van der Waals surface area contributed by atoms with Crippen LogP contribution in [0.15, 0.2) is 70.0 Å². The molecule has 4 rings (SSSR count). The van der Waals surface area contributed by atoms with Gasteiger partial charge in [-0.3, -0.25) is 4.79 Å². The highest BCUT2D eigenvalue weighted by Gasteiger charge is 2.26. The van der Waals surface area contributed by atoms with Crippen molar-refractivity contribution in [3.05, 3.63) is 77.7 Å². The summed E-state index contributed by atoms with van der Waals surface area (Å²) in [5.74, 6) is 1.31. The Bertz CT molecular complexity index is 1140. The zero-order valence-corrected chi connectivity index (χ0v) is 17.6. The maximum absolute atomic E-state index is 12.7. The van der Waals surface area contributed by atoms with Crippen LogP contribution in [0.4, 0.5) is 0 Å². The van der Waals surface area contributed by atoms with E-state index in [0.717, 1.165) is 29.7 Å². The normalized spacial score (nSPS) is 14.7. The van der Waals surface area contributed by atoms with Gasteiger partial charge < -0.3 is 9.73 Å². The minimum Gasteiger partial charge on any atom is -0.465 e. The monoisotopic (exact) mass is 424 g/mol. The Hall–Kier alpha value is -2.90. The van der Waals surface area contributed by atoms with E-state index in [2.05, 4.69) is 5.32 Å². The molecule has 2 aromatic carbocycles. The number of amides is 1. The first-order chi connectivity index (χ1) is 14.4. The fourth-order valence-electron chi connectivity index (χ4n) is 3.59. The number of aryl methyl sites for hydroxylation is 1. The number of carbonyl (C=O) groups excluding carboxylic acids is 1. The van der Waals surface area contributed by atoms with Crippen molar-refractivity contribution in [3.8, 4) is 11.1 Å². The highest BCUT2D eigenvalue weighted by Crippen LogP contribution is 2.25. The van der Waals surface area contributed by atoms with E-state index in [0.29, 0.717) is 35.9 Å². The number of carbonyl (C=O) groups is 1. The predicted octanol–water partition coefficient (Wildman–Crippen LogP) is 3.97. The smallest absolute Gasteiger partial charge is 0.251 e. The van der Waals surface area contributed by atoms with Gasteiger partial charge in [0.25, 0.3) is 5.91 Å². The molecule has 0 atom stereocenters. The quantitative estimate of drug-likeness (QED) is 0.649. The van der Waals surface area contributed by atoms with Crippen LogP contribution in [0.2, 0.25) is 0 Å². The molecule has 0 unspecified atom stereocenters. The number of nitrogens with one attached hydrogen (secondary N) is 1. The van der Waals surface area contributed by atoms with Crippen molar-refractivity contribution in [1.82, 2.24) is 9.62 Å². The molecular weight excluding hydrogens is 400 g/mol. The minimum atomic E-state index is -3.43. The summed E-state index contributed by atoms with van der Waals surface area (Å²) in [7, 11) is -3.43. The molecular formula is C23H24N2O4S. The van der Waals surface area contributed by atoms with Crippen LogP contribution in [0, 0.1) is 6.92 Å². The third-order valence-corrected chi connectivity index (χ3v) is 7.15. The lowest BCUT2D eigenvalue weighted by Crippen LogP contribution is -2.27. The van der Waals surface area contributed by atoms with Gasteiger partial charge in [-0.2, -0.15) is 4.31 Å². The van der Waals surface area contributed by atoms with E-state index in [1.165, 1.54) is 4.31 Å². The van der Waals surface area contributed by atoms with Gasteiger partial charge in [0.05, 0.1) is 11.4 Å². The fourth-order valence-corrected chi connectivity index (χ4v) is 5.10. The van der Waals surface area contributed by atoms with Gasteiger partial charge in [0.1, 0.15) is 11.5 Å². The van der Waals surface area contributed by atoms with Crippen molar-refractivity contribution >= 4 is 15.9 Å². The van der Waals surface area contributed by atoms with Crippen molar-refractivity contribution in [2.45, 2.75) is 31.2 Å². The van der Waals surface area contributed by atoms with E-state index in [-0.39, 0.29) is 5.91 Å². The van der Waals surface area contributed by atoms with Gasteiger partial charge in [-0.05, 0) is 67.3 Å². The first-order valence-electron chi connectivity index (χ1n) is 9.98. The standard InChI is InChI=1S/C23H24N2O4S/c1-17-7-10-21(29-17)16-24-23(26)20-6-4-5-19(15-20)18-8-11-22(12-9-18)30(27,28)25-13-2-3-14-25/h4-12,15H,2-3,13-14,16H2,1H3,(H,24,26). The topological polar surface area (TPSA) is 79.6 Å². The molecule has 0 radical (unpaired) electrons. The van der Waals surface area contributed by atoms with Crippen molar-refractivity contribution in [2.75, 3.05) is 13.1 Å². The minimum absolute atomic E-state index is 0.195. The van der Waals surface area contributed by atoms with Crippen molar-refractivity contribution in [3.63, 3.8) is 0 Å². The number of hydrogen-bond donors (Lipinski definition) is 1. The first-order valence-corrected chi connectivity index (χ1v) is 11.4. The summed E-state index contributed by atoms with van der Waals surface area (Å²) >= 11 is 0. The lowest BCUT2D eigenvalue weighted by Gasteiger charge is -2.15. The molecule has 1 aromatic heterocycles. The molecule has 1 amide bonds. The summed E-state index contributed by atoms with van der Waals surface area (Å²) in [5, 5.41) is 2.85. The Kier molecular flexibility index (Phi) is 5.74. The summed E-state index contributed by atoms with van der Waals surface area (Å²) in [6.45, 7) is 3.34. The van der Waals surface area contributed by atoms with E-state index in [9.17, 15) is 13.2 Å². The van der Waals surface area contributed by atoms with Gasteiger partial charge in [0, 0.05) is 18.7 Å². The first kappa shape index (κ1) is 20.4. The highest BCUT2D eigenvalue weighted by molar-refractivity contribution is 7.89. The van der Waals surface area contributed by atoms with Crippen LogP contribution in [0.25, 0.3) is 11.1 Å². The van der Waals surface area contributed by atoms with E-state index >= 15 is 0 Å². The van der Waals surface area contributed by atoms with E-state index in [4.69, 9.17) is 4.42 Å². The van der Waals surface area contributed by atoms with Crippen LogP contribution in [0.3, 0.4) is 0 Å². The number of hydrogen-bond acceptors (Lipinski definition) is 4. The molecule has 1 aliphatic heterocycles. The van der Waals surface area contributed by atoms with Crippen LogP contribution in [0.5, 0.6) is 0 Å². The summed E-state index contributed by atoms with van der Waals surface area (Å²) in [4.78, 5) is 12.8. The zero-order chi connectivity index (χ0) is 21.1. The molecule has 6 nitrogen and oxygen atoms in total. The number of benzene rings is 2. The Labute approximate surface area is 176 Å². The Morgan fingerprint density at radius 1 is 1.00 bits per heavy atom.